The molecule has 0 aliphatic carbocycles. The summed E-state index contributed by atoms with van der Waals surface area (Å²) in [7, 11) is 0. The number of hydrogen-bond acceptors (Lipinski definition) is 3. The summed E-state index contributed by atoms with van der Waals surface area (Å²) in [6.07, 6.45) is 6.34. The van der Waals surface area contributed by atoms with Gasteiger partial charge in [-0.1, -0.05) is 70.4 Å². The second kappa shape index (κ2) is 12.9. The van der Waals surface area contributed by atoms with E-state index < -0.39 is 0 Å². The van der Waals surface area contributed by atoms with Crippen molar-refractivity contribution in [2.24, 2.45) is 0 Å². The van der Waals surface area contributed by atoms with Gasteiger partial charge in [0.25, 0.3) is 0 Å². The van der Waals surface area contributed by atoms with Crippen molar-refractivity contribution in [3.05, 3.63) is 41.8 Å². The van der Waals surface area contributed by atoms with Crippen LogP contribution < -0.4 is 0 Å². The van der Waals surface area contributed by atoms with E-state index >= 15 is 0 Å². The van der Waals surface area contributed by atoms with E-state index in [-0.39, 0.29) is 0 Å². The predicted octanol–water partition coefficient (Wildman–Crippen LogP) is 5.76. The molecule has 0 spiro atoms. The fourth-order valence-corrected chi connectivity index (χ4v) is 1.96. The third-order valence-electron chi connectivity index (χ3n) is 3.43. The number of hydrogen-bond donors (Lipinski definition) is 0. The molecule has 23 heavy (non-hydrogen) atoms. The molecule has 0 aromatic heterocycles. The van der Waals surface area contributed by atoms with Gasteiger partial charge in [-0.3, -0.25) is 0 Å². The predicted molar refractivity (Wildman–Crippen MR) is 95.9 cm³/mol. The van der Waals surface area contributed by atoms with Gasteiger partial charge in [0.05, 0.1) is 19.8 Å². The molecule has 1 rings (SSSR count). The molecule has 0 saturated carbocycles. The van der Waals surface area contributed by atoms with Gasteiger partial charge >= 0.3 is 5.95 Å². The molecule has 3 heteroatoms. The highest BCUT2D eigenvalue weighted by Gasteiger charge is 2.15. The first-order chi connectivity index (χ1) is 11.3. The van der Waals surface area contributed by atoms with Crippen LogP contribution >= 0.6 is 0 Å². The Labute approximate surface area is 141 Å². The summed E-state index contributed by atoms with van der Waals surface area (Å²) in [6.45, 7) is 8.46. The average Bonchev–Trinajstić information content (AvgIpc) is 2.59. The van der Waals surface area contributed by atoms with Crippen LogP contribution in [0.2, 0.25) is 0 Å². The quantitative estimate of drug-likeness (QED) is 0.341. The average molecular weight is 320 g/mol. The Hall–Kier alpha value is -1.64. The monoisotopic (exact) mass is 320 g/mol. The number of rotatable bonds is 13. The van der Waals surface area contributed by atoms with Gasteiger partial charge < -0.3 is 14.2 Å². The molecule has 0 N–H and O–H groups in total. The van der Waals surface area contributed by atoms with Gasteiger partial charge in [-0.05, 0) is 19.3 Å². The Bertz CT molecular complexity index is 414. The Morgan fingerprint density at radius 3 is 1.65 bits per heavy atom. The minimum Gasteiger partial charge on any atom is -0.486 e. The fourth-order valence-electron chi connectivity index (χ4n) is 1.96. The molecular formula is C20H32O3. The van der Waals surface area contributed by atoms with Crippen LogP contribution in [0, 0.1) is 0 Å². The van der Waals surface area contributed by atoms with Crippen LogP contribution in [0.4, 0.5) is 0 Å². The maximum atomic E-state index is 6.02. The van der Waals surface area contributed by atoms with E-state index in [4.69, 9.17) is 14.2 Å². The second-order valence-electron chi connectivity index (χ2n) is 5.59. The van der Waals surface area contributed by atoms with Crippen molar-refractivity contribution in [1.29, 1.82) is 0 Å². The lowest BCUT2D eigenvalue weighted by Crippen LogP contribution is -2.07. The fraction of sp³-hybridized carbons (Fsp3) is 0.600. The highest BCUT2D eigenvalue weighted by atomic mass is 16.7. The highest BCUT2D eigenvalue weighted by molar-refractivity contribution is 5.60. The lowest BCUT2D eigenvalue weighted by Gasteiger charge is -2.17. The molecule has 0 radical (unpaired) electrons. The minimum atomic E-state index is 0.536. The molecule has 3 nitrogen and oxygen atoms in total. The summed E-state index contributed by atoms with van der Waals surface area (Å²) in [5.41, 5.74) is 1.01. The molecule has 0 aliphatic heterocycles. The van der Waals surface area contributed by atoms with Gasteiger partial charge in [-0.15, -0.1) is 0 Å². The zero-order chi connectivity index (χ0) is 16.8. The molecule has 0 amide bonds. The Kier molecular flexibility index (Phi) is 10.9. The molecule has 1 aromatic rings. The molecule has 0 fully saturated rings. The SMILES string of the molecule is CCCCOC(OCCCC)=C(OCCCC)c1ccccc1. The molecule has 130 valence electrons. The molecule has 1 aromatic carbocycles. The van der Waals surface area contributed by atoms with E-state index in [1.807, 2.05) is 30.3 Å². The maximum absolute atomic E-state index is 6.02. The van der Waals surface area contributed by atoms with E-state index in [2.05, 4.69) is 20.8 Å². The van der Waals surface area contributed by atoms with E-state index in [9.17, 15) is 0 Å². The van der Waals surface area contributed by atoms with Crippen LogP contribution in [0.15, 0.2) is 36.3 Å². The zero-order valence-corrected chi connectivity index (χ0v) is 15.0. The van der Waals surface area contributed by atoms with E-state index in [1.165, 1.54) is 0 Å². The Balaban J connectivity index is 2.94. The summed E-state index contributed by atoms with van der Waals surface area (Å²) in [6, 6.07) is 10.1. The van der Waals surface area contributed by atoms with Gasteiger partial charge in [0.1, 0.15) is 0 Å². The van der Waals surface area contributed by atoms with E-state index in [1.54, 1.807) is 0 Å². The normalized spacial score (nSPS) is 10.2. The first-order valence-corrected chi connectivity index (χ1v) is 9.01. The standard InChI is InChI=1S/C20H32O3/c1-4-7-15-21-19(18-13-11-10-12-14-18)20(22-16-8-5-2)23-17-9-6-3/h10-14H,4-9,15-17H2,1-3H3. The molecule has 0 heterocycles. The van der Waals surface area contributed by atoms with Gasteiger partial charge in [0, 0.05) is 5.56 Å². The van der Waals surface area contributed by atoms with Crippen molar-refractivity contribution in [3.8, 4) is 0 Å². The Morgan fingerprint density at radius 2 is 1.17 bits per heavy atom. The van der Waals surface area contributed by atoms with Gasteiger partial charge in [0.15, 0.2) is 0 Å². The smallest absolute Gasteiger partial charge is 0.324 e. The van der Waals surface area contributed by atoms with Crippen molar-refractivity contribution in [2.45, 2.75) is 59.3 Å². The van der Waals surface area contributed by atoms with Crippen molar-refractivity contribution in [2.75, 3.05) is 19.8 Å². The summed E-state index contributed by atoms with van der Waals surface area (Å²) < 4.78 is 17.8. The molecule has 0 saturated heterocycles. The van der Waals surface area contributed by atoms with Gasteiger partial charge in [-0.25, -0.2) is 0 Å². The first-order valence-electron chi connectivity index (χ1n) is 9.01. The highest BCUT2D eigenvalue weighted by Crippen LogP contribution is 2.23. The Morgan fingerprint density at radius 1 is 0.696 bits per heavy atom. The van der Waals surface area contributed by atoms with Crippen molar-refractivity contribution >= 4 is 5.76 Å². The first kappa shape index (κ1) is 19.4. The molecule has 0 atom stereocenters. The summed E-state index contributed by atoms with van der Waals surface area (Å²) in [5, 5.41) is 0. The van der Waals surface area contributed by atoms with Crippen molar-refractivity contribution in [3.63, 3.8) is 0 Å². The van der Waals surface area contributed by atoms with Crippen LogP contribution in [0.1, 0.15) is 64.9 Å². The molecule has 0 aliphatic rings. The second-order valence-corrected chi connectivity index (χ2v) is 5.59. The topological polar surface area (TPSA) is 27.7 Å². The lowest BCUT2D eigenvalue weighted by molar-refractivity contribution is 0.0257. The lowest BCUT2D eigenvalue weighted by atomic mass is 10.2. The van der Waals surface area contributed by atoms with Crippen LogP contribution in [-0.2, 0) is 14.2 Å². The number of unbranched alkanes of at least 4 members (excludes halogenated alkanes) is 3. The van der Waals surface area contributed by atoms with Crippen LogP contribution in [0.25, 0.3) is 5.76 Å². The molecular weight excluding hydrogens is 288 g/mol. The van der Waals surface area contributed by atoms with Crippen molar-refractivity contribution in [1.82, 2.24) is 0 Å². The van der Waals surface area contributed by atoms with Crippen molar-refractivity contribution < 1.29 is 14.2 Å². The number of ether oxygens (including phenoxy) is 3. The summed E-state index contributed by atoms with van der Waals surface area (Å²) >= 11 is 0. The number of benzene rings is 1. The maximum Gasteiger partial charge on any atom is 0.324 e. The van der Waals surface area contributed by atoms with Crippen LogP contribution in [0.5, 0.6) is 0 Å². The third kappa shape index (κ3) is 7.96. The van der Waals surface area contributed by atoms with Crippen LogP contribution in [-0.4, -0.2) is 19.8 Å². The summed E-state index contributed by atoms with van der Waals surface area (Å²) in [4.78, 5) is 0. The van der Waals surface area contributed by atoms with Gasteiger partial charge in [0.2, 0.25) is 5.76 Å². The van der Waals surface area contributed by atoms with Gasteiger partial charge in [-0.2, -0.15) is 0 Å². The molecule has 0 bridgehead atoms. The van der Waals surface area contributed by atoms with Crippen LogP contribution in [0.3, 0.4) is 0 Å². The minimum absolute atomic E-state index is 0.536. The third-order valence-corrected chi connectivity index (χ3v) is 3.43. The largest absolute Gasteiger partial charge is 0.486 e. The zero-order valence-electron chi connectivity index (χ0n) is 15.0. The van der Waals surface area contributed by atoms with E-state index in [0.29, 0.717) is 25.8 Å². The summed E-state index contributed by atoms with van der Waals surface area (Å²) in [5.74, 6) is 1.26. The van der Waals surface area contributed by atoms with E-state index in [0.717, 1.165) is 49.8 Å². The molecule has 0 unspecified atom stereocenters.